The predicted octanol–water partition coefficient (Wildman–Crippen LogP) is 15.5. The van der Waals surface area contributed by atoms with Crippen molar-refractivity contribution in [2.75, 3.05) is 0 Å². The smallest absolute Gasteiger partial charge is 0.0434 e. The van der Waals surface area contributed by atoms with Gasteiger partial charge in [0.25, 0.3) is 0 Å². The standard InChI is InChI=1S/C51H32S2/c1-51(2)43-17-9-7-11-32(43)33-22-20-31(27-44(33)51)49-37-15-5-3-13-35(37)48(36-14-4-6-16-38(36)49)30-21-24-46-41(26-30)42-25-29-19-23-39-34-12-8-10-18-45(34)53-50(39)40(29)28-47(42)52-46/h3-28H,1-2H3. The maximum atomic E-state index is 2.48. The molecule has 0 aliphatic heterocycles. The maximum absolute atomic E-state index is 2.48. The van der Waals surface area contributed by atoms with E-state index in [1.165, 1.54) is 117 Å². The van der Waals surface area contributed by atoms with Gasteiger partial charge in [-0.25, -0.2) is 0 Å². The molecule has 0 nitrogen and oxygen atoms in total. The molecule has 12 rings (SSSR count). The van der Waals surface area contributed by atoms with Crippen LogP contribution in [-0.4, -0.2) is 0 Å². The average Bonchev–Trinajstić information content (AvgIpc) is 3.83. The molecule has 2 aromatic heterocycles. The van der Waals surface area contributed by atoms with E-state index in [-0.39, 0.29) is 5.41 Å². The zero-order valence-electron chi connectivity index (χ0n) is 29.3. The van der Waals surface area contributed by atoms with Gasteiger partial charge in [-0.15, -0.1) is 22.7 Å². The van der Waals surface area contributed by atoms with E-state index in [2.05, 4.69) is 172 Å². The van der Waals surface area contributed by atoms with E-state index < -0.39 is 0 Å². The third kappa shape index (κ3) is 4.05. The van der Waals surface area contributed by atoms with Crippen LogP contribution in [0.1, 0.15) is 25.0 Å². The van der Waals surface area contributed by atoms with Gasteiger partial charge >= 0.3 is 0 Å². The SMILES string of the molecule is CC1(C)c2ccccc2-c2ccc(-c3c4ccccc4c(-c4ccc5sc6cc7c(ccc8c9ccccc9sc78)cc6c5c4)c4ccccc34)cc21. The summed E-state index contributed by atoms with van der Waals surface area (Å²) in [7, 11) is 0. The van der Waals surface area contributed by atoms with Gasteiger partial charge in [-0.2, -0.15) is 0 Å². The number of thiophene rings is 2. The summed E-state index contributed by atoms with van der Waals surface area (Å²) in [5.41, 5.74) is 10.7. The molecule has 1 aliphatic carbocycles. The predicted molar refractivity (Wildman–Crippen MR) is 233 cm³/mol. The number of hydrogen-bond acceptors (Lipinski definition) is 2. The van der Waals surface area contributed by atoms with Crippen LogP contribution < -0.4 is 0 Å². The zero-order valence-corrected chi connectivity index (χ0v) is 31.0. The minimum absolute atomic E-state index is 0.0542. The van der Waals surface area contributed by atoms with E-state index >= 15 is 0 Å². The van der Waals surface area contributed by atoms with Crippen LogP contribution in [0, 0.1) is 0 Å². The Balaban J connectivity index is 1.08. The fourth-order valence-electron chi connectivity index (χ4n) is 9.54. The van der Waals surface area contributed by atoms with E-state index in [1.807, 2.05) is 22.7 Å². The van der Waals surface area contributed by atoms with Gasteiger partial charge in [0.05, 0.1) is 0 Å². The van der Waals surface area contributed by atoms with E-state index in [0.29, 0.717) is 0 Å². The van der Waals surface area contributed by atoms with Crippen molar-refractivity contribution in [3.8, 4) is 33.4 Å². The summed E-state index contributed by atoms with van der Waals surface area (Å²) in [6.07, 6.45) is 0. The van der Waals surface area contributed by atoms with Gasteiger partial charge in [0.15, 0.2) is 0 Å². The molecule has 1 aliphatic rings. The summed E-state index contributed by atoms with van der Waals surface area (Å²) in [4.78, 5) is 0. The first kappa shape index (κ1) is 29.7. The summed E-state index contributed by atoms with van der Waals surface area (Å²) in [5, 5.41) is 13.2. The van der Waals surface area contributed by atoms with Crippen LogP contribution in [0.15, 0.2) is 158 Å². The molecule has 0 bridgehead atoms. The molecule has 0 atom stereocenters. The summed E-state index contributed by atoms with van der Waals surface area (Å²) < 4.78 is 5.42. The zero-order chi connectivity index (χ0) is 35.0. The summed E-state index contributed by atoms with van der Waals surface area (Å²) in [6.45, 7) is 4.75. The number of hydrogen-bond donors (Lipinski definition) is 0. The lowest BCUT2D eigenvalue weighted by Crippen LogP contribution is -2.14. The topological polar surface area (TPSA) is 0 Å². The van der Waals surface area contributed by atoms with Crippen LogP contribution in [0.5, 0.6) is 0 Å². The van der Waals surface area contributed by atoms with E-state index in [0.717, 1.165) is 0 Å². The quantitative estimate of drug-likeness (QED) is 0.157. The Bertz CT molecular complexity index is 3310. The molecule has 53 heavy (non-hydrogen) atoms. The Labute approximate surface area is 315 Å². The first-order valence-corrected chi connectivity index (χ1v) is 20.1. The first-order chi connectivity index (χ1) is 26.0. The molecular formula is C51H32S2. The highest BCUT2D eigenvalue weighted by molar-refractivity contribution is 7.27. The van der Waals surface area contributed by atoms with Gasteiger partial charge in [-0.05, 0) is 108 Å². The van der Waals surface area contributed by atoms with Crippen molar-refractivity contribution in [3.05, 3.63) is 169 Å². The van der Waals surface area contributed by atoms with Crippen molar-refractivity contribution in [1.82, 2.24) is 0 Å². The molecule has 0 N–H and O–H groups in total. The van der Waals surface area contributed by atoms with E-state index in [9.17, 15) is 0 Å². The molecule has 2 heteroatoms. The Morgan fingerprint density at radius 1 is 0.358 bits per heavy atom. The molecule has 0 amide bonds. The molecule has 0 saturated heterocycles. The van der Waals surface area contributed by atoms with Crippen molar-refractivity contribution >= 4 is 95.3 Å². The minimum Gasteiger partial charge on any atom is -0.135 e. The monoisotopic (exact) mass is 708 g/mol. The van der Waals surface area contributed by atoms with E-state index in [4.69, 9.17) is 0 Å². The molecule has 0 radical (unpaired) electrons. The van der Waals surface area contributed by atoms with Crippen LogP contribution >= 0.6 is 22.7 Å². The maximum Gasteiger partial charge on any atom is 0.0434 e. The molecule has 2 heterocycles. The largest absolute Gasteiger partial charge is 0.135 e. The molecule has 0 saturated carbocycles. The third-order valence-corrected chi connectivity index (χ3v) is 14.4. The van der Waals surface area contributed by atoms with Gasteiger partial charge in [0.2, 0.25) is 0 Å². The molecule has 248 valence electrons. The second-order valence-electron chi connectivity index (χ2n) is 15.2. The van der Waals surface area contributed by atoms with Crippen LogP contribution in [-0.2, 0) is 5.41 Å². The highest BCUT2D eigenvalue weighted by Gasteiger charge is 2.35. The fourth-order valence-corrected chi connectivity index (χ4v) is 11.9. The van der Waals surface area contributed by atoms with Crippen LogP contribution in [0.4, 0.5) is 0 Å². The average molecular weight is 709 g/mol. The molecule has 0 unspecified atom stereocenters. The fraction of sp³-hybridized carbons (Fsp3) is 0.0588. The number of benzene rings is 9. The lowest BCUT2D eigenvalue weighted by Gasteiger charge is -2.23. The van der Waals surface area contributed by atoms with Gasteiger partial charge in [0, 0.05) is 51.1 Å². The summed E-state index contributed by atoms with van der Waals surface area (Å²) in [6, 6.07) is 59.7. The van der Waals surface area contributed by atoms with Crippen molar-refractivity contribution in [3.63, 3.8) is 0 Å². The van der Waals surface area contributed by atoms with Gasteiger partial charge in [0.1, 0.15) is 0 Å². The lowest BCUT2D eigenvalue weighted by atomic mass is 9.80. The van der Waals surface area contributed by atoms with Crippen molar-refractivity contribution in [2.24, 2.45) is 0 Å². The van der Waals surface area contributed by atoms with Gasteiger partial charge in [-0.3, -0.25) is 0 Å². The lowest BCUT2D eigenvalue weighted by molar-refractivity contribution is 0.660. The van der Waals surface area contributed by atoms with Crippen LogP contribution in [0.3, 0.4) is 0 Å². The Kier molecular flexibility index (Phi) is 5.97. The molecule has 11 aromatic rings. The van der Waals surface area contributed by atoms with Crippen molar-refractivity contribution in [1.29, 1.82) is 0 Å². The van der Waals surface area contributed by atoms with Crippen LogP contribution in [0.25, 0.3) is 106 Å². The third-order valence-electron chi connectivity index (χ3n) is 12.0. The summed E-state index contributed by atoms with van der Waals surface area (Å²) >= 11 is 3.83. The molecule has 0 spiro atoms. The van der Waals surface area contributed by atoms with Gasteiger partial charge in [-0.1, -0.05) is 135 Å². The second-order valence-corrected chi connectivity index (χ2v) is 17.3. The van der Waals surface area contributed by atoms with E-state index in [1.54, 1.807) is 0 Å². The molecule has 9 aromatic carbocycles. The van der Waals surface area contributed by atoms with Crippen molar-refractivity contribution < 1.29 is 0 Å². The number of fused-ring (bicyclic) bond motifs is 13. The van der Waals surface area contributed by atoms with Crippen LogP contribution in [0.2, 0.25) is 0 Å². The first-order valence-electron chi connectivity index (χ1n) is 18.4. The minimum atomic E-state index is -0.0542. The Hall–Kier alpha value is -5.80. The normalized spacial score (nSPS) is 13.6. The Morgan fingerprint density at radius 3 is 1.70 bits per heavy atom. The van der Waals surface area contributed by atoms with Crippen molar-refractivity contribution in [2.45, 2.75) is 19.3 Å². The second kappa shape index (κ2) is 10.6. The molecule has 0 fully saturated rings. The highest BCUT2D eigenvalue weighted by Crippen LogP contribution is 2.52. The Morgan fingerprint density at radius 2 is 0.943 bits per heavy atom. The summed E-state index contributed by atoms with van der Waals surface area (Å²) in [5.74, 6) is 0. The molecular weight excluding hydrogens is 677 g/mol. The number of rotatable bonds is 2. The highest BCUT2D eigenvalue weighted by atomic mass is 32.1. The van der Waals surface area contributed by atoms with Gasteiger partial charge < -0.3 is 0 Å².